The van der Waals surface area contributed by atoms with Crippen LogP contribution in [0.3, 0.4) is 0 Å². The summed E-state index contributed by atoms with van der Waals surface area (Å²) in [5.74, 6) is -1.42. The van der Waals surface area contributed by atoms with Crippen LogP contribution in [0, 0.1) is 6.92 Å². The number of nitrogens with one attached hydrogen (secondary N) is 4. The lowest BCUT2D eigenvalue weighted by molar-refractivity contribution is -0.881. The van der Waals surface area contributed by atoms with Crippen molar-refractivity contribution in [1.29, 1.82) is 0 Å². The number of thiophene rings is 1. The molecule has 0 aliphatic heterocycles. The second-order valence-corrected chi connectivity index (χ2v) is 7.04. The van der Waals surface area contributed by atoms with E-state index in [1.165, 1.54) is 7.05 Å². The summed E-state index contributed by atoms with van der Waals surface area (Å²) < 4.78 is 5.07. The number of anilines is 1. The fourth-order valence-electron chi connectivity index (χ4n) is 2.58. The summed E-state index contributed by atoms with van der Waals surface area (Å²) in [4.78, 5) is 49.8. The van der Waals surface area contributed by atoms with Gasteiger partial charge in [0.15, 0.2) is 13.1 Å². The molecule has 0 spiro atoms. The highest BCUT2D eigenvalue weighted by Crippen LogP contribution is 2.33. The first-order chi connectivity index (χ1) is 13.3. The summed E-state index contributed by atoms with van der Waals surface area (Å²) >= 11 is 1.02. The van der Waals surface area contributed by atoms with Crippen molar-refractivity contribution in [1.82, 2.24) is 10.6 Å². The van der Waals surface area contributed by atoms with E-state index in [1.807, 2.05) is 13.8 Å². The van der Waals surface area contributed by atoms with Crippen molar-refractivity contribution in [3.63, 3.8) is 0 Å². The predicted octanol–water partition coefficient (Wildman–Crippen LogP) is -0.428. The molecule has 0 aliphatic carbocycles. The normalized spacial score (nSPS) is 11.5. The highest BCUT2D eigenvalue weighted by Gasteiger charge is 2.27. The van der Waals surface area contributed by atoms with Crippen LogP contribution in [0.15, 0.2) is 0 Å². The maximum atomic E-state index is 12.5. The predicted molar refractivity (Wildman–Crippen MR) is 107 cm³/mol. The Morgan fingerprint density at radius 3 is 2.25 bits per heavy atom. The minimum Gasteiger partial charge on any atom is -0.462 e. The number of quaternary nitrogens is 1. The molecule has 1 aromatic rings. The lowest BCUT2D eigenvalue weighted by atomic mass is 10.1. The molecule has 0 aliphatic rings. The van der Waals surface area contributed by atoms with E-state index in [9.17, 15) is 19.2 Å². The third-order valence-corrected chi connectivity index (χ3v) is 5.21. The van der Waals surface area contributed by atoms with Crippen molar-refractivity contribution < 1.29 is 28.8 Å². The fraction of sp³-hybridized carbons (Fsp3) is 0.556. The molecule has 0 fully saturated rings. The van der Waals surface area contributed by atoms with Crippen LogP contribution < -0.4 is 20.9 Å². The van der Waals surface area contributed by atoms with Crippen LogP contribution in [0.1, 0.15) is 46.4 Å². The van der Waals surface area contributed by atoms with Gasteiger partial charge < -0.3 is 25.6 Å². The number of ether oxygens (including phenoxy) is 1. The van der Waals surface area contributed by atoms with E-state index in [-0.39, 0.29) is 48.0 Å². The van der Waals surface area contributed by atoms with Gasteiger partial charge in [0.1, 0.15) is 5.00 Å². The monoisotopic (exact) mass is 413 g/mol. The molecule has 0 saturated carbocycles. The minimum absolute atomic E-state index is 0.0577. The van der Waals surface area contributed by atoms with Crippen molar-refractivity contribution in [2.45, 2.75) is 27.7 Å². The van der Waals surface area contributed by atoms with Crippen molar-refractivity contribution in [2.75, 3.05) is 45.2 Å². The van der Waals surface area contributed by atoms with Gasteiger partial charge in [-0.1, -0.05) is 0 Å². The quantitative estimate of drug-likeness (QED) is 0.388. The van der Waals surface area contributed by atoms with Crippen LogP contribution in [0.25, 0.3) is 0 Å². The second kappa shape index (κ2) is 11.4. The SMILES string of the molecule is CCNC(=O)C[NH+](CC)CC(=O)Nc1sc(C(=O)NC)c(C)c1C(=O)OCC. The van der Waals surface area contributed by atoms with Gasteiger partial charge in [-0.05, 0) is 33.3 Å². The zero-order valence-corrected chi connectivity index (χ0v) is 17.8. The number of hydrogen-bond acceptors (Lipinski definition) is 6. The number of carbonyl (C=O) groups excluding carboxylic acids is 4. The van der Waals surface area contributed by atoms with Crippen molar-refractivity contribution in [2.24, 2.45) is 0 Å². The summed E-state index contributed by atoms with van der Waals surface area (Å²) in [5, 5.41) is 8.20. The van der Waals surface area contributed by atoms with E-state index < -0.39 is 5.97 Å². The molecule has 1 aromatic heterocycles. The van der Waals surface area contributed by atoms with Crippen molar-refractivity contribution in [3.8, 4) is 0 Å². The zero-order chi connectivity index (χ0) is 21.3. The smallest absolute Gasteiger partial charge is 0.341 e. The van der Waals surface area contributed by atoms with Gasteiger partial charge >= 0.3 is 5.97 Å². The molecule has 4 N–H and O–H groups in total. The van der Waals surface area contributed by atoms with E-state index in [4.69, 9.17) is 4.74 Å². The maximum Gasteiger partial charge on any atom is 0.341 e. The van der Waals surface area contributed by atoms with Gasteiger partial charge in [0, 0.05) is 13.6 Å². The molecule has 1 unspecified atom stereocenters. The van der Waals surface area contributed by atoms with Gasteiger partial charge in [0.2, 0.25) is 0 Å². The lowest BCUT2D eigenvalue weighted by Crippen LogP contribution is -3.14. The molecule has 1 atom stereocenters. The standard InChI is InChI=1S/C18H28N4O5S/c1-6-20-12(23)9-22(7-2)10-13(24)21-17-14(18(26)27-8-3)11(4)15(28-17)16(25)19-5/h6-10H2,1-5H3,(H,19,25)(H,20,23)(H,21,24)/p+1. The van der Waals surface area contributed by atoms with Crippen LogP contribution >= 0.6 is 11.3 Å². The van der Waals surface area contributed by atoms with Crippen LogP contribution in [0.5, 0.6) is 0 Å². The van der Waals surface area contributed by atoms with Crippen LogP contribution in [-0.4, -0.2) is 63.5 Å². The largest absolute Gasteiger partial charge is 0.462 e. The highest BCUT2D eigenvalue weighted by atomic mass is 32.1. The first kappa shape index (κ1) is 23.6. The van der Waals surface area contributed by atoms with E-state index in [1.54, 1.807) is 13.8 Å². The summed E-state index contributed by atoms with van der Waals surface area (Å²) in [6, 6.07) is 0. The van der Waals surface area contributed by atoms with Crippen LogP contribution in [0.2, 0.25) is 0 Å². The minimum atomic E-state index is -0.594. The zero-order valence-electron chi connectivity index (χ0n) is 17.0. The summed E-state index contributed by atoms with van der Waals surface area (Å²) in [6.07, 6.45) is 0. The van der Waals surface area contributed by atoms with Gasteiger partial charge in [0.25, 0.3) is 17.7 Å². The Hall–Kier alpha value is -2.46. The van der Waals surface area contributed by atoms with Gasteiger partial charge in [-0.3, -0.25) is 14.4 Å². The molecule has 0 radical (unpaired) electrons. The van der Waals surface area contributed by atoms with Gasteiger partial charge in [0.05, 0.1) is 23.6 Å². The number of carbonyl (C=O) groups is 4. The van der Waals surface area contributed by atoms with Gasteiger partial charge in [-0.25, -0.2) is 4.79 Å². The average molecular weight is 414 g/mol. The molecule has 1 heterocycles. The third-order valence-electron chi connectivity index (χ3n) is 4.01. The average Bonchev–Trinajstić information content (AvgIpc) is 2.96. The molecule has 0 saturated heterocycles. The Labute approximate surface area is 168 Å². The second-order valence-electron chi connectivity index (χ2n) is 6.02. The number of rotatable bonds is 10. The van der Waals surface area contributed by atoms with E-state index in [0.29, 0.717) is 23.5 Å². The molecule has 10 heteroatoms. The fourth-order valence-corrected chi connectivity index (χ4v) is 3.74. The summed E-state index contributed by atoms with van der Waals surface area (Å²) in [6.45, 7) is 8.56. The number of amides is 3. The molecule has 3 amide bonds. The number of likely N-dealkylation sites (N-methyl/N-ethyl adjacent to an activating group) is 2. The Morgan fingerprint density at radius 1 is 1.07 bits per heavy atom. The number of hydrogen-bond donors (Lipinski definition) is 4. The molecule has 1 rings (SSSR count). The molecule has 0 aromatic carbocycles. The molecule has 156 valence electrons. The van der Waals surface area contributed by atoms with Crippen molar-refractivity contribution in [3.05, 3.63) is 16.0 Å². The third kappa shape index (κ3) is 6.31. The molecular weight excluding hydrogens is 384 g/mol. The Morgan fingerprint density at radius 2 is 1.71 bits per heavy atom. The molecule has 0 bridgehead atoms. The molecule has 9 nitrogen and oxygen atoms in total. The highest BCUT2D eigenvalue weighted by molar-refractivity contribution is 7.18. The van der Waals surface area contributed by atoms with Crippen LogP contribution in [0.4, 0.5) is 5.00 Å². The van der Waals surface area contributed by atoms with Gasteiger partial charge in [-0.15, -0.1) is 11.3 Å². The Kier molecular flexibility index (Phi) is 9.60. The topological polar surface area (TPSA) is 118 Å². The van der Waals surface area contributed by atoms with Gasteiger partial charge in [-0.2, -0.15) is 0 Å². The van der Waals surface area contributed by atoms with Crippen molar-refractivity contribution >= 4 is 40.0 Å². The summed E-state index contributed by atoms with van der Waals surface area (Å²) in [5.41, 5.74) is 0.640. The van der Waals surface area contributed by atoms with Crippen LogP contribution in [-0.2, 0) is 14.3 Å². The first-order valence-corrected chi connectivity index (χ1v) is 10.0. The van der Waals surface area contributed by atoms with E-state index in [0.717, 1.165) is 16.2 Å². The molecular formula is C18H29N4O5S+. The summed E-state index contributed by atoms with van der Waals surface area (Å²) in [7, 11) is 1.49. The Bertz CT molecular complexity index is 732. The van der Waals surface area contributed by atoms with E-state index in [2.05, 4.69) is 16.0 Å². The van der Waals surface area contributed by atoms with E-state index >= 15 is 0 Å². The Balaban J connectivity index is 3.02. The maximum absolute atomic E-state index is 12.5. The molecule has 28 heavy (non-hydrogen) atoms. The lowest BCUT2D eigenvalue weighted by Gasteiger charge is -2.16. The first-order valence-electron chi connectivity index (χ1n) is 9.21. The number of esters is 1.